The van der Waals surface area contributed by atoms with Crippen molar-refractivity contribution in [3.05, 3.63) is 94.8 Å². The molecule has 0 aliphatic carbocycles. The smallest absolute Gasteiger partial charge is 0.251 e. The van der Waals surface area contributed by atoms with Gasteiger partial charge >= 0.3 is 0 Å². The van der Waals surface area contributed by atoms with Crippen LogP contribution in [0.5, 0.6) is 11.5 Å². The molecule has 1 amide bonds. The van der Waals surface area contributed by atoms with E-state index in [-0.39, 0.29) is 23.8 Å². The van der Waals surface area contributed by atoms with Crippen LogP contribution in [0.25, 0.3) is 0 Å². The Morgan fingerprint density at radius 3 is 2.38 bits per heavy atom. The highest BCUT2D eigenvalue weighted by atomic mass is 19.1. The Morgan fingerprint density at radius 2 is 1.74 bits per heavy atom. The number of carbonyl (C=O) groups excluding carboxylic acids is 1. The van der Waals surface area contributed by atoms with Gasteiger partial charge in [-0.25, -0.2) is 4.39 Å². The molecule has 178 valence electrons. The number of methoxy groups -OCH3 is 2. The Hall–Kier alpha value is -3.38. The maximum absolute atomic E-state index is 13.5. The van der Waals surface area contributed by atoms with E-state index in [1.165, 1.54) is 17.7 Å². The zero-order valence-corrected chi connectivity index (χ0v) is 19.9. The number of benzene rings is 3. The first-order chi connectivity index (χ1) is 16.5. The Labute approximate surface area is 200 Å². The van der Waals surface area contributed by atoms with Crippen LogP contribution >= 0.6 is 0 Å². The van der Waals surface area contributed by atoms with Gasteiger partial charge in [-0.05, 0) is 65.9 Å². The largest absolute Gasteiger partial charge is 0.493 e. The van der Waals surface area contributed by atoms with Gasteiger partial charge in [-0.15, -0.1) is 0 Å². The van der Waals surface area contributed by atoms with Gasteiger partial charge in [-0.1, -0.05) is 37.3 Å². The lowest BCUT2D eigenvalue weighted by Crippen LogP contribution is -2.48. The molecule has 0 fully saturated rings. The first kappa shape index (κ1) is 23.8. The summed E-state index contributed by atoms with van der Waals surface area (Å²) in [5.41, 5.74) is 3.96. The van der Waals surface area contributed by atoms with Crippen LogP contribution in [0.4, 0.5) is 4.39 Å². The van der Waals surface area contributed by atoms with E-state index in [4.69, 9.17) is 9.47 Å². The Balaban J connectivity index is 1.72. The Morgan fingerprint density at radius 1 is 1.06 bits per heavy atom. The van der Waals surface area contributed by atoms with Gasteiger partial charge in [0, 0.05) is 24.7 Å². The number of hydrogen-bond donors (Lipinski definition) is 1. The van der Waals surface area contributed by atoms with Crippen LogP contribution in [0.15, 0.2) is 66.7 Å². The van der Waals surface area contributed by atoms with Crippen molar-refractivity contribution in [1.82, 2.24) is 10.2 Å². The summed E-state index contributed by atoms with van der Waals surface area (Å²) < 4.78 is 24.6. The van der Waals surface area contributed by atoms with Gasteiger partial charge in [0.15, 0.2) is 11.5 Å². The summed E-state index contributed by atoms with van der Waals surface area (Å²) in [6.07, 6.45) is 1.59. The number of halogens is 1. The average molecular weight is 463 g/mol. The van der Waals surface area contributed by atoms with E-state index in [1.54, 1.807) is 14.2 Å². The summed E-state index contributed by atoms with van der Waals surface area (Å²) in [5.74, 6) is 1.02. The maximum atomic E-state index is 13.5. The lowest BCUT2D eigenvalue weighted by molar-refractivity contribution is 0.0859. The first-order valence-corrected chi connectivity index (χ1v) is 11.6. The minimum atomic E-state index is -0.248. The topological polar surface area (TPSA) is 50.8 Å². The number of nitrogens with one attached hydrogen (secondary N) is 1. The van der Waals surface area contributed by atoms with Gasteiger partial charge < -0.3 is 14.8 Å². The van der Waals surface area contributed by atoms with E-state index >= 15 is 0 Å². The molecule has 2 unspecified atom stereocenters. The van der Waals surface area contributed by atoms with Crippen LogP contribution < -0.4 is 14.8 Å². The highest BCUT2D eigenvalue weighted by molar-refractivity contribution is 5.94. The van der Waals surface area contributed by atoms with Crippen LogP contribution in [0, 0.1) is 5.82 Å². The number of ether oxygens (including phenoxy) is 2. The van der Waals surface area contributed by atoms with Crippen molar-refractivity contribution in [2.75, 3.05) is 20.8 Å². The molecular formula is C28H31FN2O3. The second kappa shape index (κ2) is 10.7. The molecule has 5 nitrogen and oxygen atoms in total. The minimum absolute atomic E-state index is 0.0775. The predicted molar refractivity (Wildman–Crippen MR) is 131 cm³/mol. The number of carbonyl (C=O) groups is 1. The molecular weight excluding hydrogens is 431 g/mol. The molecule has 1 aliphatic rings. The molecule has 0 bridgehead atoms. The SMILES string of the molecule is CCC(NC(=O)c1ccccc1)C1c2cc(OC)c(OC)cc2CCN1Cc1ccc(F)cc1. The molecule has 0 saturated carbocycles. The number of fused-ring (bicyclic) bond motifs is 1. The van der Waals surface area contributed by atoms with E-state index in [0.29, 0.717) is 23.6 Å². The molecule has 4 rings (SSSR count). The van der Waals surface area contributed by atoms with E-state index < -0.39 is 0 Å². The molecule has 6 heteroatoms. The lowest BCUT2D eigenvalue weighted by Gasteiger charge is -2.42. The van der Waals surface area contributed by atoms with Gasteiger partial charge in [-0.3, -0.25) is 9.69 Å². The Kier molecular flexibility index (Phi) is 7.48. The van der Waals surface area contributed by atoms with Crippen LogP contribution in [-0.4, -0.2) is 37.6 Å². The summed E-state index contributed by atoms with van der Waals surface area (Å²) in [4.78, 5) is 15.4. The summed E-state index contributed by atoms with van der Waals surface area (Å²) >= 11 is 0. The highest BCUT2D eigenvalue weighted by Crippen LogP contribution is 2.40. The molecule has 3 aromatic rings. The van der Waals surface area contributed by atoms with Gasteiger partial charge in [0.25, 0.3) is 5.91 Å². The summed E-state index contributed by atoms with van der Waals surface area (Å²) in [5, 5.41) is 3.27. The first-order valence-electron chi connectivity index (χ1n) is 11.6. The van der Waals surface area contributed by atoms with Crippen molar-refractivity contribution >= 4 is 5.91 Å². The fraction of sp³-hybridized carbons (Fsp3) is 0.321. The molecule has 34 heavy (non-hydrogen) atoms. The zero-order valence-electron chi connectivity index (χ0n) is 19.9. The predicted octanol–water partition coefficient (Wildman–Crippen LogP) is 5.15. The van der Waals surface area contributed by atoms with Crippen LogP contribution in [-0.2, 0) is 13.0 Å². The Bertz CT molecular complexity index is 1120. The van der Waals surface area contributed by atoms with Crippen molar-refractivity contribution < 1.29 is 18.7 Å². The van der Waals surface area contributed by atoms with E-state index in [1.807, 2.05) is 54.6 Å². The molecule has 1 N–H and O–H groups in total. The molecule has 1 aliphatic heterocycles. The van der Waals surface area contributed by atoms with Crippen molar-refractivity contribution in [1.29, 1.82) is 0 Å². The number of nitrogens with zero attached hydrogens (tertiary/aromatic N) is 1. The molecule has 3 aromatic carbocycles. The van der Waals surface area contributed by atoms with Crippen molar-refractivity contribution in [3.63, 3.8) is 0 Å². The van der Waals surface area contributed by atoms with Gasteiger partial charge in [0.05, 0.1) is 20.3 Å². The van der Waals surface area contributed by atoms with E-state index in [2.05, 4.69) is 17.1 Å². The minimum Gasteiger partial charge on any atom is -0.493 e. The highest BCUT2D eigenvalue weighted by Gasteiger charge is 2.35. The fourth-order valence-electron chi connectivity index (χ4n) is 4.75. The number of rotatable bonds is 8. The monoisotopic (exact) mass is 462 g/mol. The summed E-state index contributed by atoms with van der Waals surface area (Å²) in [6, 6.07) is 19.8. The zero-order chi connectivity index (χ0) is 24.1. The second-order valence-electron chi connectivity index (χ2n) is 8.55. The maximum Gasteiger partial charge on any atom is 0.251 e. The van der Waals surface area contributed by atoms with Crippen molar-refractivity contribution in [3.8, 4) is 11.5 Å². The second-order valence-corrected chi connectivity index (χ2v) is 8.55. The number of amides is 1. The van der Waals surface area contributed by atoms with Crippen molar-refractivity contribution in [2.45, 2.75) is 38.4 Å². The van der Waals surface area contributed by atoms with Gasteiger partial charge in [0.2, 0.25) is 0 Å². The molecule has 0 radical (unpaired) electrons. The molecule has 0 aromatic heterocycles. The molecule has 0 spiro atoms. The van der Waals surface area contributed by atoms with Gasteiger partial charge in [0.1, 0.15) is 5.82 Å². The third kappa shape index (κ3) is 5.07. The van der Waals surface area contributed by atoms with Crippen LogP contribution in [0.2, 0.25) is 0 Å². The normalized spacial score (nSPS) is 16.4. The average Bonchev–Trinajstić information content (AvgIpc) is 2.88. The van der Waals surface area contributed by atoms with Crippen LogP contribution in [0.3, 0.4) is 0 Å². The van der Waals surface area contributed by atoms with E-state index in [9.17, 15) is 9.18 Å². The van der Waals surface area contributed by atoms with E-state index in [0.717, 1.165) is 30.5 Å². The molecule has 2 atom stereocenters. The molecule has 1 heterocycles. The quantitative estimate of drug-likeness (QED) is 0.503. The van der Waals surface area contributed by atoms with Crippen LogP contribution in [0.1, 0.15) is 46.4 Å². The van der Waals surface area contributed by atoms with Gasteiger partial charge in [-0.2, -0.15) is 0 Å². The summed E-state index contributed by atoms with van der Waals surface area (Å²) in [6.45, 7) is 3.54. The number of hydrogen-bond acceptors (Lipinski definition) is 4. The summed E-state index contributed by atoms with van der Waals surface area (Å²) in [7, 11) is 3.27. The third-order valence-corrected chi connectivity index (χ3v) is 6.50. The lowest BCUT2D eigenvalue weighted by atomic mass is 9.86. The van der Waals surface area contributed by atoms with Crippen molar-refractivity contribution in [2.24, 2.45) is 0 Å². The standard InChI is InChI=1S/C28H31FN2O3/c1-4-24(30-28(32)20-8-6-5-7-9-20)27-23-17-26(34-3)25(33-2)16-21(23)14-15-31(27)18-19-10-12-22(29)13-11-19/h5-13,16-17,24,27H,4,14-15,18H2,1-3H3,(H,30,32). The third-order valence-electron chi connectivity index (χ3n) is 6.50. The fourth-order valence-corrected chi connectivity index (χ4v) is 4.75. The molecule has 0 saturated heterocycles.